The van der Waals surface area contributed by atoms with Crippen molar-refractivity contribution in [2.24, 2.45) is 0 Å². The van der Waals surface area contributed by atoms with Gasteiger partial charge in [0.05, 0.1) is 17.6 Å². The third kappa shape index (κ3) is 3.81. The number of likely N-dealkylation sites (tertiary alicyclic amines) is 1. The smallest absolute Gasteiger partial charge is 0.252 e. The van der Waals surface area contributed by atoms with Crippen molar-refractivity contribution in [3.63, 3.8) is 0 Å². The van der Waals surface area contributed by atoms with Gasteiger partial charge in [0.1, 0.15) is 11.2 Å². The number of carbonyl (C=O) groups excluding carboxylic acids is 1. The van der Waals surface area contributed by atoms with Crippen LogP contribution in [0.15, 0.2) is 17.4 Å². The van der Waals surface area contributed by atoms with E-state index < -0.39 is 9.84 Å². The van der Waals surface area contributed by atoms with Crippen LogP contribution >= 0.6 is 0 Å². The summed E-state index contributed by atoms with van der Waals surface area (Å²) in [5.41, 5.74) is 3.54. The summed E-state index contributed by atoms with van der Waals surface area (Å²) in [6, 6.07) is 0. The zero-order chi connectivity index (χ0) is 21.5. The van der Waals surface area contributed by atoms with E-state index in [0.29, 0.717) is 37.4 Å². The molecule has 160 valence electrons. The lowest BCUT2D eigenvalue weighted by Gasteiger charge is -2.33. The number of hydrogen-bond acceptors (Lipinski definition) is 7. The van der Waals surface area contributed by atoms with Crippen molar-refractivity contribution < 1.29 is 13.2 Å². The SMILES string of the molecule is Cc1n[nH]c(C)c1CCC(=O)N1CCC[C@@H](c2c(S(C)(=O)=O)cnc3ncnn23)C1. The van der Waals surface area contributed by atoms with Crippen LogP contribution in [0, 0.1) is 13.8 Å². The fourth-order valence-corrected chi connectivity index (χ4v) is 5.08. The first-order chi connectivity index (χ1) is 14.3. The molecule has 0 saturated carbocycles. The fourth-order valence-electron chi connectivity index (χ4n) is 4.20. The van der Waals surface area contributed by atoms with Crippen LogP contribution in [0.3, 0.4) is 0 Å². The first kappa shape index (κ1) is 20.5. The predicted octanol–water partition coefficient (Wildman–Crippen LogP) is 1.21. The van der Waals surface area contributed by atoms with E-state index in [1.165, 1.54) is 17.0 Å². The zero-order valence-electron chi connectivity index (χ0n) is 17.3. The Morgan fingerprint density at radius 2 is 2.10 bits per heavy atom. The monoisotopic (exact) mass is 431 g/mol. The number of aromatic nitrogens is 6. The van der Waals surface area contributed by atoms with Crippen LogP contribution in [0.1, 0.15) is 47.8 Å². The van der Waals surface area contributed by atoms with Crippen molar-refractivity contribution >= 4 is 21.5 Å². The molecule has 3 aromatic heterocycles. The van der Waals surface area contributed by atoms with Gasteiger partial charge < -0.3 is 4.90 Å². The Labute approximate surface area is 174 Å². The lowest BCUT2D eigenvalue weighted by molar-refractivity contribution is -0.132. The summed E-state index contributed by atoms with van der Waals surface area (Å²) in [6.07, 6.45) is 6.46. The second-order valence-electron chi connectivity index (χ2n) is 7.84. The Hall–Kier alpha value is -2.82. The van der Waals surface area contributed by atoms with Crippen LogP contribution in [0.25, 0.3) is 5.78 Å². The number of nitrogens with zero attached hydrogens (tertiary/aromatic N) is 6. The van der Waals surface area contributed by atoms with Gasteiger partial charge >= 0.3 is 0 Å². The standard InChI is InChI=1S/C19H25N7O3S/c1-12-15(13(2)24-23-12)6-7-17(27)25-8-4-5-14(10-25)18-16(30(3,28)29)9-20-19-21-11-22-26(18)19/h9,11,14H,4-8,10H2,1-3H3,(H,23,24)/t14-/m1/s1. The minimum Gasteiger partial charge on any atom is -0.342 e. The molecule has 4 heterocycles. The van der Waals surface area contributed by atoms with Gasteiger partial charge in [-0.3, -0.25) is 9.89 Å². The van der Waals surface area contributed by atoms with E-state index in [-0.39, 0.29) is 16.7 Å². The summed E-state index contributed by atoms with van der Waals surface area (Å²) in [7, 11) is -3.50. The van der Waals surface area contributed by atoms with Crippen LogP contribution in [-0.4, -0.2) is 68.3 Å². The van der Waals surface area contributed by atoms with Crippen molar-refractivity contribution in [2.75, 3.05) is 19.3 Å². The van der Waals surface area contributed by atoms with E-state index in [2.05, 4.69) is 25.3 Å². The molecule has 0 bridgehead atoms. The quantitative estimate of drug-likeness (QED) is 0.643. The molecule has 3 aromatic rings. The summed E-state index contributed by atoms with van der Waals surface area (Å²) < 4.78 is 26.3. The van der Waals surface area contributed by atoms with E-state index in [1.807, 2.05) is 18.7 Å². The molecule has 0 aromatic carbocycles. The van der Waals surface area contributed by atoms with E-state index in [9.17, 15) is 13.2 Å². The Morgan fingerprint density at radius 3 is 2.80 bits per heavy atom. The highest BCUT2D eigenvalue weighted by Gasteiger charge is 2.31. The normalized spacial score (nSPS) is 17.6. The number of hydrogen-bond donors (Lipinski definition) is 1. The van der Waals surface area contributed by atoms with Crippen LogP contribution in [0.2, 0.25) is 0 Å². The maximum absolute atomic E-state index is 12.9. The average molecular weight is 432 g/mol. The van der Waals surface area contributed by atoms with Gasteiger partial charge in [0.15, 0.2) is 9.84 Å². The number of aromatic amines is 1. The lowest BCUT2D eigenvalue weighted by Crippen LogP contribution is -2.40. The Morgan fingerprint density at radius 1 is 1.30 bits per heavy atom. The van der Waals surface area contributed by atoms with Crippen LogP contribution in [-0.2, 0) is 21.1 Å². The number of piperidine rings is 1. The Bertz CT molecular complexity index is 1180. The maximum atomic E-state index is 12.9. The molecular formula is C19H25N7O3S. The van der Waals surface area contributed by atoms with Gasteiger partial charge in [-0.25, -0.2) is 13.4 Å². The molecule has 1 N–H and O–H groups in total. The van der Waals surface area contributed by atoms with Crippen molar-refractivity contribution in [1.82, 2.24) is 34.7 Å². The number of fused-ring (bicyclic) bond motifs is 1. The molecule has 1 amide bonds. The summed E-state index contributed by atoms with van der Waals surface area (Å²) in [5.74, 6) is 0.258. The molecule has 11 heteroatoms. The van der Waals surface area contributed by atoms with Gasteiger partial charge in [0.2, 0.25) is 5.91 Å². The second kappa shape index (κ2) is 7.78. The average Bonchev–Trinajstić information content (AvgIpc) is 3.31. The summed E-state index contributed by atoms with van der Waals surface area (Å²) in [6.45, 7) is 5.00. The minimum atomic E-state index is -3.50. The van der Waals surface area contributed by atoms with Crippen LogP contribution in [0.4, 0.5) is 0 Å². The highest BCUT2D eigenvalue weighted by atomic mass is 32.2. The summed E-state index contributed by atoms with van der Waals surface area (Å²) >= 11 is 0. The maximum Gasteiger partial charge on any atom is 0.252 e. The van der Waals surface area contributed by atoms with Gasteiger partial charge in [-0.1, -0.05) is 0 Å². The molecule has 1 saturated heterocycles. The van der Waals surface area contributed by atoms with E-state index in [0.717, 1.165) is 36.0 Å². The molecule has 10 nitrogen and oxygen atoms in total. The number of rotatable bonds is 5. The van der Waals surface area contributed by atoms with Gasteiger partial charge in [-0.15, -0.1) is 0 Å². The second-order valence-corrected chi connectivity index (χ2v) is 9.83. The Kier molecular flexibility index (Phi) is 5.31. The van der Waals surface area contributed by atoms with Crippen molar-refractivity contribution in [3.8, 4) is 0 Å². The molecule has 4 rings (SSSR count). The first-order valence-electron chi connectivity index (χ1n) is 9.92. The van der Waals surface area contributed by atoms with E-state index in [1.54, 1.807) is 0 Å². The number of H-pyrrole nitrogens is 1. The molecule has 30 heavy (non-hydrogen) atoms. The first-order valence-corrected chi connectivity index (χ1v) is 11.8. The highest BCUT2D eigenvalue weighted by Crippen LogP contribution is 2.31. The molecule has 0 spiro atoms. The molecule has 1 atom stereocenters. The van der Waals surface area contributed by atoms with Crippen molar-refractivity contribution in [2.45, 2.75) is 50.3 Å². The number of sulfone groups is 1. The van der Waals surface area contributed by atoms with Crippen LogP contribution < -0.4 is 0 Å². The van der Waals surface area contributed by atoms with Gasteiger partial charge in [0, 0.05) is 37.4 Å². The predicted molar refractivity (Wildman–Crippen MR) is 109 cm³/mol. The zero-order valence-corrected chi connectivity index (χ0v) is 18.1. The number of aryl methyl sites for hydroxylation is 2. The molecule has 1 fully saturated rings. The van der Waals surface area contributed by atoms with Crippen molar-refractivity contribution in [3.05, 3.63) is 35.2 Å². The molecule has 0 unspecified atom stereocenters. The molecular weight excluding hydrogens is 406 g/mol. The number of nitrogens with one attached hydrogen (secondary N) is 1. The third-order valence-corrected chi connectivity index (χ3v) is 6.85. The Balaban J connectivity index is 1.57. The number of amides is 1. The largest absolute Gasteiger partial charge is 0.342 e. The number of carbonyl (C=O) groups is 1. The molecule has 1 aliphatic heterocycles. The van der Waals surface area contributed by atoms with E-state index in [4.69, 9.17) is 0 Å². The molecule has 0 aliphatic carbocycles. The highest BCUT2D eigenvalue weighted by molar-refractivity contribution is 7.90. The fraction of sp³-hybridized carbons (Fsp3) is 0.526. The minimum absolute atomic E-state index is 0.0597. The van der Waals surface area contributed by atoms with E-state index >= 15 is 0 Å². The van der Waals surface area contributed by atoms with Crippen LogP contribution in [0.5, 0.6) is 0 Å². The van der Waals surface area contributed by atoms with Gasteiger partial charge in [-0.2, -0.15) is 19.7 Å². The molecule has 0 radical (unpaired) electrons. The summed E-state index contributed by atoms with van der Waals surface area (Å²) in [5, 5.41) is 11.3. The molecule has 1 aliphatic rings. The lowest BCUT2D eigenvalue weighted by atomic mass is 9.94. The van der Waals surface area contributed by atoms with Gasteiger partial charge in [-0.05, 0) is 38.7 Å². The third-order valence-electron chi connectivity index (χ3n) is 5.74. The summed E-state index contributed by atoms with van der Waals surface area (Å²) in [4.78, 5) is 23.1. The van der Waals surface area contributed by atoms with Crippen molar-refractivity contribution in [1.29, 1.82) is 0 Å². The van der Waals surface area contributed by atoms with Gasteiger partial charge in [0.25, 0.3) is 5.78 Å². The topological polar surface area (TPSA) is 126 Å².